The topological polar surface area (TPSA) is 168 Å². The molecule has 10 heteroatoms. The van der Waals surface area contributed by atoms with Crippen molar-refractivity contribution in [1.82, 2.24) is 9.97 Å². The largest absolute Gasteiger partial charge is 0.489 e. The Morgan fingerprint density at radius 3 is 2.48 bits per heavy atom. The van der Waals surface area contributed by atoms with Gasteiger partial charge in [-0.05, 0) is 25.5 Å². The Hall–Kier alpha value is -2.14. The lowest BCUT2D eigenvalue weighted by Crippen LogP contribution is -2.30. The van der Waals surface area contributed by atoms with E-state index >= 15 is 0 Å². The molecule has 1 unspecified atom stereocenters. The Morgan fingerprint density at radius 1 is 1.24 bits per heavy atom. The first-order valence-corrected chi connectivity index (χ1v) is 8.51. The Morgan fingerprint density at radius 2 is 1.92 bits per heavy atom. The van der Waals surface area contributed by atoms with Crippen molar-refractivity contribution in [1.29, 1.82) is 0 Å². The standard InChI is InChI=1S/C15H23BrN8O/c1-7(2)25-11-4-9(18)8(5-17)3-10(11)24(21)15-12(13(16)19)14(20)22-6-23-15/h3-4,6-7,13H,5,17-19,21H2,1-2H3,(H2,20,22,23). The molecule has 25 heavy (non-hydrogen) atoms. The van der Waals surface area contributed by atoms with Crippen molar-refractivity contribution in [2.75, 3.05) is 16.5 Å². The number of ether oxygens (including phenoxy) is 1. The second kappa shape index (κ2) is 7.83. The quantitative estimate of drug-likeness (QED) is 0.154. The van der Waals surface area contributed by atoms with Crippen LogP contribution in [-0.4, -0.2) is 16.1 Å². The van der Waals surface area contributed by atoms with E-state index in [0.717, 1.165) is 5.56 Å². The van der Waals surface area contributed by atoms with E-state index in [2.05, 4.69) is 25.9 Å². The number of nitrogens with two attached hydrogens (primary N) is 5. The summed E-state index contributed by atoms with van der Waals surface area (Å²) in [6, 6.07) is 3.45. The number of hydrazine groups is 1. The third-order valence-corrected chi connectivity index (χ3v) is 3.92. The van der Waals surface area contributed by atoms with Crippen molar-refractivity contribution in [3.8, 4) is 5.75 Å². The molecule has 0 bridgehead atoms. The molecule has 10 N–H and O–H groups in total. The van der Waals surface area contributed by atoms with Crippen LogP contribution in [0, 0.1) is 0 Å². The highest BCUT2D eigenvalue weighted by atomic mass is 79.9. The lowest BCUT2D eigenvalue weighted by atomic mass is 10.1. The summed E-state index contributed by atoms with van der Waals surface area (Å²) < 4.78 is 5.84. The fraction of sp³-hybridized carbons (Fsp3) is 0.333. The zero-order chi connectivity index (χ0) is 18.7. The molecule has 1 aromatic heterocycles. The van der Waals surface area contributed by atoms with Gasteiger partial charge in [-0.15, -0.1) is 0 Å². The van der Waals surface area contributed by atoms with Gasteiger partial charge in [0, 0.05) is 18.3 Å². The fourth-order valence-corrected chi connectivity index (χ4v) is 2.75. The second-order valence-electron chi connectivity index (χ2n) is 5.66. The fourth-order valence-electron chi connectivity index (χ4n) is 2.31. The van der Waals surface area contributed by atoms with Crippen LogP contribution >= 0.6 is 15.9 Å². The molecule has 0 saturated heterocycles. The van der Waals surface area contributed by atoms with E-state index in [1.807, 2.05) is 13.8 Å². The van der Waals surface area contributed by atoms with Crippen LogP contribution in [0.5, 0.6) is 5.75 Å². The van der Waals surface area contributed by atoms with Crippen LogP contribution < -0.4 is 38.5 Å². The number of aromatic nitrogens is 2. The van der Waals surface area contributed by atoms with Crippen molar-refractivity contribution in [3.63, 3.8) is 0 Å². The highest BCUT2D eigenvalue weighted by Crippen LogP contribution is 2.38. The molecule has 2 aromatic rings. The molecule has 1 atom stereocenters. The number of benzene rings is 1. The normalized spacial score (nSPS) is 12.3. The summed E-state index contributed by atoms with van der Waals surface area (Å²) in [4.78, 5) is 7.59. The first-order chi connectivity index (χ1) is 11.8. The molecule has 0 aliphatic carbocycles. The molecule has 1 heterocycles. The number of alkyl halides is 1. The van der Waals surface area contributed by atoms with Crippen LogP contribution in [0.25, 0.3) is 0 Å². The van der Waals surface area contributed by atoms with E-state index in [4.69, 9.17) is 33.5 Å². The maximum atomic E-state index is 6.32. The van der Waals surface area contributed by atoms with Crippen molar-refractivity contribution < 1.29 is 4.74 Å². The van der Waals surface area contributed by atoms with E-state index < -0.39 is 4.95 Å². The van der Waals surface area contributed by atoms with Gasteiger partial charge in [-0.25, -0.2) is 15.8 Å². The number of hydrogen-bond acceptors (Lipinski definition) is 9. The molecular weight excluding hydrogens is 388 g/mol. The molecule has 1 aromatic carbocycles. The van der Waals surface area contributed by atoms with Crippen molar-refractivity contribution in [2.45, 2.75) is 31.4 Å². The second-order valence-corrected chi connectivity index (χ2v) is 6.64. The van der Waals surface area contributed by atoms with Gasteiger partial charge in [0.2, 0.25) is 0 Å². The average molecular weight is 411 g/mol. The minimum atomic E-state index is -0.591. The number of anilines is 4. The third-order valence-electron chi connectivity index (χ3n) is 3.46. The summed E-state index contributed by atoms with van der Waals surface area (Å²) >= 11 is 3.29. The van der Waals surface area contributed by atoms with Gasteiger partial charge in [0.1, 0.15) is 23.6 Å². The Kier molecular flexibility index (Phi) is 6.01. The van der Waals surface area contributed by atoms with E-state index in [0.29, 0.717) is 28.5 Å². The van der Waals surface area contributed by atoms with Gasteiger partial charge in [0.05, 0.1) is 16.6 Å². The smallest absolute Gasteiger partial charge is 0.158 e. The summed E-state index contributed by atoms with van der Waals surface area (Å²) in [5, 5.41) is 1.34. The van der Waals surface area contributed by atoms with Gasteiger partial charge in [-0.3, -0.25) is 5.01 Å². The lowest BCUT2D eigenvalue weighted by molar-refractivity contribution is 0.243. The summed E-state index contributed by atoms with van der Waals surface area (Å²) in [6.07, 6.45) is 1.23. The number of nitrogens with zero attached hydrogens (tertiary/aromatic N) is 3. The van der Waals surface area contributed by atoms with Gasteiger partial charge in [-0.1, -0.05) is 15.9 Å². The number of rotatable bonds is 6. The van der Waals surface area contributed by atoms with Crippen LogP contribution in [0.2, 0.25) is 0 Å². The first-order valence-electron chi connectivity index (χ1n) is 7.60. The molecule has 0 saturated carbocycles. The molecule has 0 radical (unpaired) electrons. The van der Waals surface area contributed by atoms with Gasteiger partial charge >= 0.3 is 0 Å². The molecule has 0 fully saturated rings. The average Bonchev–Trinajstić information content (AvgIpc) is 2.53. The molecule has 0 aliphatic rings. The number of hydrogen-bond donors (Lipinski definition) is 5. The molecule has 136 valence electrons. The monoisotopic (exact) mass is 410 g/mol. The van der Waals surface area contributed by atoms with Crippen LogP contribution in [0.4, 0.5) is 23.0 Å². The minimum Gasteiger partial charge on any atom is -0.489 e. The van der Waals surface area contributed by atoms with Crippen LogP contribution in [-0.2, 0) is 6.54 Å². The van der Waals surface area contributed by atoms with Gasteiger partial charge in [0.15, 0.2) is 5.82 Å². The Balaban J connectivity index is 2.62. The molecular formula is C15H23BrN8O. The van der Waals surface area contributed by atoms with Crippen LogP contribution in [0.3, 0.4) is 0 Å². The SMILES string of the molecule is CC(C)Oc1cc(N)c(CN)cc1N(N)c1ncnc(N)c1C(N)Br. The van der Waals surface area contributed by atoms with Crippen LogP contribution in [0.1, 0.15) is 29.9 Å². The molecule has 9 nitrogen and oxygen atoms in total. The van der Waals surface area contributed by atoms with E-state index in [1.54, 1.807) is 12.1 Å². The van der Waals surface area contributed by atoms with Crippen LogP contribution in [0.15, 0.2) is 18.5 Å². The number of nitrogen functional groups attached to an aromatic ring is 2. The molecule has 0 amide bonds. The summed E-state index contributed by atoms with van der Waals surface area (Å²) in [7, 11) is 0. The van der Waals surface area contributed by atoms with Gasteiger partial charge < -0.3 is 27.7 Å². The van der Waals surface area contributed by atoms with Crippen molar-refractivity contribution >= 4 is 38.9 Å². The third kappa shape index (κ3) is 4.10. The summed E-state index contributed by atoms with van der Waals surface area (Å²) in [6.45, 7) is 4.06. The van der Waals surface area contributed by atoms with Gasteiger partial charge in [-0.2, -0.15) is 0 Å². The highest BCUT2D eigenvalue weighted by Gasteiger charge is 2.22. The van der Waals surface area contributed by atoms with Crippen molar-refractivity contribution in [3.05, 3.63) is 29.6 Å². The summed E-state index contributed by atoms with van der Waals surface area (Å²) in [5.74, 6) is 7.40. The molecule has 0 aliphatic heterocycles. The predicted molar refractivity (Wildman–Crippen MR) is 103 cm³/mol. The Bertz CT molecular complexity index is 753. The van der Waals surface area contributed by atoms with Gasteiger partial charge in [0.25, 0.3) is 0 Å². The van der Waals surface area contributed by atoms with E-state index in [1.165, 1.54) is 11.3 Å². The zero-order valence-electron chi connectivity index (χ0n) is 14.1. The molecule has 2 rings (SSSR count). The van der Waals surface area contributed by atoms with E-state index in [9.17, 15) is 0 Å². The highest BCUT2D eigenvalue weighted by molar-refractivity contribution is 9.09. The maximum Gasteiger partial charge on any atom is 0.158 e. The summed E-state index contributed by atoms with van der Waals surface area (Å²) in [5.41, 5.74) is 25.9. The predicted octanol–water partition coefficient (Wildman–Crippen LogP) is 1.25. The number of halogens is 1. The Labute approximate surface area is 154 Å². The van der Waals surface area contributed by atoms with E-state index in [-0.39, 0.29) is 18.5 Å². The zero-order valence-corrected chi connectivity index (χ0v) is 15.7. The lowest BCUT2D eigenvalue weighted by Gasteiger charge is -2.26. The van der Waals surface area contributed by atoms with Crippen molar-refractivity contribution in [2.24, 2.45) is 17.3 Å². The minimum absolute atomic E-state index is 0.0800. The molecule has 0 spiro atoms. The first kappa shape index (κ1) is 19.2. The maximum absolute atomic E-state index is 6.32.